The molecule has 0 spiro atoms. The largest absolute Gasteiger partial charge is 0.481 e. The third-order valence-electron chi connectivity index (χ3n) is 14.9. The normalized spacial score (nSPS) is 20.9. The van der Waals surface area contributed by atoms with Crippen molar-refractivity contribution >= 4 is 101 Å². The number of carbonyl (C=O) groups excluding carboxylic acids is 13. The van der Waals surface area contributed by atoms with Crippen LogP contribution in [0.5, 0.6) is 0 Å². The summed E-state index contributed by atoms with van der Waals surface area (Å²) in [7, 11) is 0. The predicted molar refractivity (Wildman–Crippen MR) is 345 cm³/mol. The second-order valence-corrected chi connectivity index (χ2v) is 23.5. The van der Waals surface area contributed by atoms with Crippen LogP contribution in [0.15, 0.2) is 0 Å². The van der Waals surface area contributed by atoms with E-state index in [2.05, 4.69) is 57.5 Å². The quantitative estimate of drug-likeness (QED) is 0.0200. The number of rotatable bonds is 43. The first-order chi connectivity index (χ1) is 47.6. The molecule has 9 N–H and O–H groups in total. The van der Waals surface area contributed by atoms with Crippen molar-refractivity contribution in [2.45, 2.75) is 200 Å². The number of nitrogens with one attached hydrogen (secondary N) is 8. The van der Waals surface area contributed by atoms with E-state index in [1.165, 1.54) is 27.7 Å². The highest BCUT2D eigenvalue weighted by molar-refractivity contribution is 5.79. The average Bonchev–Trinajstić information content (AvgIpc) is 0.791. The summed E-state index contributed by atoms with van der Waals surface area (Å²) < 4.78 is 55.9. The number of aliphatic carboxylic acids is 1. The van der Waals surface area contributed by atoms with Crippen molar-refractivity contribution in [3.8, 4) is 0 Å². The van der Waals surface area contributed by atoms with Crippen molar-refractivity contribution in [3.63, 3.8) is 0 Å². The Hall–Kier alpha value is -9.17. The first-order valence-electron chi connectivity index (χ1n) is 33.2. The molecule has 1 aromatic heterocycles. The minimum Gasteiger partial charge on any atom is -0.481 e. The fourth-order valence-corrected chi connectivity index (χ4v) is 10.4. The molecule has 0 aromatic carbocycles. The van der Waals surface area contributed by atoms with Gasteiger partial charge in [0, 0.05) is 173 Å². The molecule has 3 aliphatic heterocycles. The molecule has 0 saturated carbocycles. The van der Waals surface area contributed by atoms with E-state index in [-0.39, 0.29) is 158 Å². The predicted octanol–water partition coefficient (Wildman–Crippen LogP) is -1.69. The van der Waals surface area contributed by atoms with Crippen molar-refractivity contribution in [1.82, 2.24) is 51.8 Å². The summed E-state index contributed by atoms with van der Waals surface area (Å²) in [5.41, 5.74) is 0. The Morgan fingerprint density at radius 1 is 0.430 bits per heavy atom. The SMILES string of the molecule is CC(=O)NC1C(OCCCCC(=O)NCCCNC(=O)CCNc2nc(NCCC(=O)NCCCNC(=O)CCCCOC3OC(COC(C)=O)C(OC(C)=O)C(OC(C)=O)C3NC(C)=O)nc(N3CCN(C(=O)CCCC(=O)O)CC3)n2)OC(COC(C)=O)C(OC(C)=O)C1OC(C)=O. The molecule has 38 nitrogen and oxygen atoms in total. The number of carboxylic acids is 1. The van der Waals surface area contributed by atoms with Gasteiger partial charge in [0.1, 0.15) is 37.5 Å². The molecular formula is C62H97N13O25. The lowest BCUT2D eigenvalue weighted by molar-refractivity contribution is -0.277. The second kappa shape index (κ2) is 44.8. The van der Waals surface area contributed by atoms with E-state index in [1.54, 1.807) is 4.90 Å². The number of hydrogen-bond donors (Lipinski definition) is 9. The molecule has 0 aliphatic carbocycles. The van der Waals surface area contributed by atoms with Crippen LogP contribution < -0.4 is 47.4 Å². The number of esters is 6. The van der Waals surface area contributed by atoms with Gasteiger partial charge in [-0.25, -0.2) is 0 Å². The highest BCUT2D eigenvalue weighted by Crippen LogP contribution is 2.30. The number of amides is 7. The molecule has 0 radical (unpaired) electrons. The molecule has 38 heteroatoms. The zero-order chi connectivity index (χ0) is 73.7. The lowest BCUT2D eigenvalue weighted by Gasteiger charge is -2.44. The summed E-state index contributed by atoms with van der Waals surface area (Å²) in [6.07, 6.45) is -7.09. The van der Waals surface area contributed by atoms with Gasteiger partial charge in [-0.3, -0.25) is 67.1 Å². The standard InChI is InChI=1S/C62H97N13O25/c1-36(76)69-52-56(97-42(7)82)54(95-40(5)80)44(34-93-38(3)78)99-58(52)91-32-11-9-16-46(84)63-22-14-24-65-48(86)20-26-67-60-71-61(73-62(72-60)75-30-28-74(29-31-75)50(88)18-13-19-51(89)90)68-27-21-49(87)66-25-15-23-64-47(85)17-10-12-33-92-59-53(70-37(2)77)57(98-43(8)83)55(96-41(6)81)45(100-59)35-94-39(4)79/h44-45,52-59H,9-35H2,1-8H3,(H,63,84)(H,64,85)(H,65,86)(H,66,87)(H,69,76)(H,70,77)(H,89,90)(H2,67,68,71,72,73). The van der Waals surface area contributed by atoms with E-state index in [9.17, 15) is 67.1 Å². The number of unbranched alkanes of at least 4 members (excludes halogenated alkanes) is 2. The number of anilines is 3. The Labute approximate surface area is 578 Å². The molecule has 10 unspecified atom stereocenters. The minimum absolute atomic E-state index is 0.0107. The van der Waals surface area contributed by atoms with E-state index in [4.69, 9.17) is 52.5 Å². The highest BCUT2D eigenvalue weighted by Gasteiger charge is 2.53. The van der Waals surface area contributed by atoms with Crippen LogP contribution in [0.1, 0.15) is 139 Å². The highest BCUT2D eigenvalue weighted by atomic mass is 16.7. The number of nitrogens with zero attached hydrogens (tertiary/aromatic N) is 5. The van der Waals surface area contributed by atoms with Crippen molar-refractivity contribution < 1.29 is 120 Å². The lowest BCUT2D eigenvalue weighted by atomic mass is 9.96. The zero-order valence-corrected chi connectivity index (χ0v) is 57.8. The minimum atomic E-state index is -1.28. The molecule has 0 bridgehead atoms. The van der Waals surface area contributed by atoms with Gasteiger partial charge in [-0.05, 0) is 44.9 Å². The van der Waals surface area contributed by atoms with Gasteiger partial charge < -0.3 is 105 Å². The number of aromatic nitrogens is 3. The van der Waals surface area contributed by atoms with Gasteiger partial charge in [0.15, 0.2) is 37.0 Å². The Kier molecular flexibility index (Phi) is 37.3. The summed E-state index contributed by atoms with van der Waals surface area (Å²) in [6, 6.07) is -2.26. The van der Waals surface area contributed by atoms with Gasteiger partial charge in [-0.1, -0.05) is 0 Å². The number of hydrogen-bond acceptors (Lipinski definition) is 30. The van der Waals surface area contributed by atoms with Gasteiger partial charge in [0.05, 0.1) is 0 Å². The van der Waals surface area contributed by atoms with Crippen LogP contribution in [-0.2, 0) is 114 Å². The molecule has 100 heavy (non-hydrogen) atoms. The maximum absolute atomic E-state index is 12.9. The second-order valence-electron chi connectivity index (χ2n) is 23.5. The van der Waals surface area contributed by atoms with Crippen LogP contribution >= 0.6 is 0 Å². The molecule has 1 aromatic rings. The van der Waals surface area contributed by atoms with Gasteiger partial charge >= 0.3 is 41.8 Å². The summed E-state index contributed by atoms with van der Waals surface area (Å²) in [4.78, 5) is 188. The zero-order valence-electron chi connectivity index (χ0n) is 57.8. The number of carboxylic acid groups (broad SMARTS) is 1. The van der Waals surface area contributed by atoms with Gasteiger partial charge in [-0.15, -0.1) is 0 Å². The first-order valence-corrected chi connectivity index (χ1v) is 33.2. The van der Waals surface area contributed by atoms with Gasteiger partial charge in [-0.2, -0.15) is 15.0 Å². The van der Waals surface area contributed by atoms with Crippen LogP contribution in [0, 0.1) is 0 Å². The summed E-state index contributed by atoms with van der Waals surface area (Å²) in [6.45, 7) is 11.2. The monoisotopic (exact) mass is 1420 g/mol. The topological polar surface area (TPSA) is 493 Å². The maximum Gasteiger partial charge on any atom is 0.303 e. The Balaban J connectivity index is 1.19. The number of piperazine rings is 1. The van der Waals surface area contributed by atoms with Gasteiger partial charge in [0.2, 0.25) is 59.2 Å². The van der Waals surface area contributed by atoms with Crippen molar-refractivity contribution in [2.24, 2.45) is 0 Å². The molecular weight excluding hydrogens is 1330 g/mol. The van der Waals surface area contributed by atoms with E-state index in [0.29, 0.717) is 64.7 Å². The number of ether oxygens (including phenoxy) is 10. The molecule has 4 rings (SSSR count). The van der Waals surface area contributed by atoms with Crippen LogP contribution in [0.4, 0.5) is 17.8 Å². The molecule has 7 amide bonds. The fourth-order valence-electron chi connectivity index (χ4n) is 10.4. The van der Waals surface area contributed by atoms with Crippen LogP contribution in [-0.4, -0.2) is 261 Å². The molecule has 560 valence electrons. The molecule has 10 atom stereocenters. The average molecular weight is 1420 g/mol. The maximum atomic E-state index is 12.9. The Morgan fingerprint density at radius 2 is 0.810 bits per heavy atom. The Bertz CT molecular complexity index is 2760. The third kappa shape index (κ3) is 32.7. The lowest BCUT2D eigenvalue weighted by Crippen LogP contribution is -2.66. The van der Waals surface area contributed by atoms with Crippen LogP contribution in [0.2, 0.25) is 0 Å². The molecule has 4 heterocycles. The molecule has 3 aliphatic rings. The molecule has 3 fully saturated rings. The fraction of sp³-hybridized carbons (Fsp3) is 0.726. The van der Waals surface area contributed by atoms with E-state index >= 15 is 0 Å². The first kappa shape index (κ1) is 83.3. The summed E-state index contributed by atoms with van der Waals surface area (Å²) >= 11 is 0. The molecule has 3 saturated heterocycles. The smallest absolute Gasteiger partial charge is 0.303 e. The van der Waals surface area contributed by atoms with E-state index in [0.717, 1.165) is 27.7 Å². The van der Waals surface area contributed by atoms with Crippen LogP contribution in [0.25, 0.3) is 0 Å². The van der Waals surface area contributed by atoms with E-state index in [1.807, 2.05) is 4.90 Å². The Morgan fingerprint density at radius 3 is 1.17 bits per heavy atom. The van der Waals surface area contributed by atoms with Crippen molar-refractivity contribution in [1.29, 1.82) is 0 Å². The van der Waals surface area contributed by atoms with Crippen LogP contribution in [0.3, 0.4) is 0 Å². The third-order valence-corrected chi connectivity index (χ3v) is 14.9. The summed E-state index contributed by atoms with van der Waals surface area (Å²) in [5.74, 6) is -7.11. The van der Waals surface area contributed by atoms with Crippen molar-refractivity contribution in [3.05, 3.63) is 0 Å². The number of carbonyl (C=O) groups is 14. The van der Waals surface area contributed by atoms with Gasteiger partial charge in [0.25, 0.3) is 0 Å². The van der Waals surface area contributed by atoms with E-state index < -0.39 is 115 Å². The van der Waals surface area contributed by atoms with Crippen molar-refractivity contribution in [2.75, 3.05) is 107 Å². The summed E-state index contributed by atoms with van der Waals surface area (Å²) in [5, 5.41) is 31.6.